The fraction of sp³-hybridized carbons (Fsp3) is 0.364. The molecule has 0 aliphatic carbocycles. The van der Waals surface area contributed by atoms with Gasteiger partial charge < -0.3 is 15.4 Å². The molecule has 5 heteroatoms. The predicted molar refractivity (Wildman–Crippen MR) is 67.4 cm³/mol. The maximum absolute atomic E-state index is 5.94. The summed E-state index contributed by atoms with van der Waals surface area (Å²) in [6.07, 6.45) is 0. The summed E-state index contributed by atoms with van der Waals surface area (Å²) in [6, 6.07) is 7.41. The van der Waals surface area contributed by atoms with Gasteiger partial charge in [-0.15, -0.1) is 0 Å². The number of ether oxygens (including phenoxy) is 1. The van der Waals surface area contributed by atoms with Gasteiger partial charge in [0.2, 0.25) is 0 Å². The lowest BCUT2D eigenvalue weighted by molar-refractivity contribution is 0.322. The highest BCUT2D eigenvalue weighted by Crippen LogP contribution is 2.22. The molecule has 0 aliphatic heterocycles. The lowest BCUT2D eigenvalue weighted by Crippen LogP contribution is -2.37. The molecule has 0 heterocycles. The highest BCUT2D eigenvalue weighted by atomic mass is 35.5. The summed E-state index contributed by atoms with van der Waals surface area (Å²) in [5, 5.41) is 6.62. The minimum atomic E-state index is 0.532. The predicted octanol–water partition coefficient (Wildman–Crippen LogP) is 1.51. The van der Waals surface area contributed by atoms with Crippen LogP contribution in [0.25, 0.3) is 0 Å². The van der Waals surface area contributed by atoms with Gasteiger partial charge in [0.15, 0.2) is 5.96 Å². The highest BCUT2D eigenvalue weighted by molar-refractivity contribution is 6.32. The van der Waals surface area contributed by atoms with Crippen LogP contribution < -0.4 is 15.4 Å². The maximum Gasteiger partial charge on any atom is 0.190 e. The van der Waals surface area contributed by atoms with Crippen LogP contribution in [0.15, 0.2) is 29.3 Å². The zero-order valence-electron chi connectivity index (χ0n) is 9.46. The van der Waals surface area contributed by atoms with Crippen LogP contribution in [-0.2, 0) is 0 Å². The van der Waals surface area contributed by atoms with E-state index in [1.165, 1.54) is 0 Å². The second kappa shape index (κ2) is 6.95. The Morgan fingerprint density at radius 3 is 2.81 bits per heavy atom. The third kappa shape index (κ3) is 3.98. The monoisotopic (exact) mass is 241 g/mol. The Morgan fingerprint density at radius 2 is 2.19 bits per heavy atom. The van der Waals surface area contributed by atoms with Gasteiger partial charge in [0.1, 0.15) is 12.4 Å². The molecule has 0 aliphatic rings. The maximum atomic E-state index is 5.94. The van der Waals surface area contributed by atoms with Gasteiger partial charge in [0, 0.05) is 14.1 Å². The van der Waals surface area contributed by atoms with Crippen molar-refractivity contribution in [3.63, 3.8) is 0 Å². The number of para-hydroxylation sites is 1. The van der Waals surface area contributed by atoms with E-state index in [1.54, 1.807) is 13.1 Å². The number of nitrogens with zero attached hydrogens (tertiary/aromatic N) is 1. The van der Waals surface area contributed by atoms with E-state index in [-0.39, 0.29) is 0 Å². The fourth-order valence-electron chi connectivity index (χ4n) is 1.17. The molecular weight excluding hydrogens is 226 g/mol. The van der Waals surface area contributed by atoms with Gasteiger partial charge in [-0.1, -0.05) is 23.7 Å². The van der Waals surface area contributed by atoms with Gasteiger partial charge in [-0.05, 0) is 12.1 Å². The molecule has 0 aromatic heterocycles. The Morgan fingerprint density at radius 1 is 1.44 bits per heavy atom. The summed E-state index contributed by atoms with van der Waals surface area (Å²) in [6.45, 7) is 1.20. The Balaban J connectivity index is 2.29. The average molecular weight is 242 g/mol. The van der Waals surface area contributed by atoms with E-state index < -0.39 is 0 Å². The number of halogens is 1. The summed E-state index contributed by atoms with van der Waals surface area (Å²) in [4.78, 5) is 3.98. The highest BCUT2D eigenvalue weighted by Gasteiger charge is 1.99. The standard InChI is InChI=1S/C11H16ClN3O/c1-13-11(14-2)15-7-8-16-10-6-4-3-5-9(10)12/h3-6H,7-8H2,1-2H3,(H2,13,14,15). The van der Waals surface area contributed by atoms with Gasteiger partial charge in [-0.3, -0.25) is 4.99 Å². The van der Waals surface area contributed by atoms with Gasteiger partial charge in [0.25, 0.3) is 0 Å². The van der Waals surface area contributed by atoms with E-state index in [2.05, 4.69) is 15.6 Å². The minimum Gasteiger partial charge on any atom is -0.490 e. The second-order valence-electron chi connectivity index (χ2n) is 3.03. The topological polar surface area (TPSA) is 45.7 Å². The molecule has 4 nitrogen and oxygen atoms in total. The molecular formula is C11H16ClN3O. The van der Waals surface area contributed by atoms with Crippen molar-refractivity contribution in [2.45, 2.75) is 0 Å². The van der Waals surface area contributed by atoms with Crippen molar-refractivity contribution in [1.82, 2.24) is 10.6 Å². The zero-order valence-corrected chi connectivity index (χ0v) is 10.2. The molecule has 0 bridgehead atoms. The van der Waals surface area contributed by atoms with Crippen molar-refractivity contribution in [3.8, 4) is 5.75 Å². The van der Waals surface area contributed by atoms with Crippen LogP contribution in [0.5, 0.6) is 5.75 Å². The largest absolute Gasteiger partial charge is 0.490 e. The Hall–Kier alpha value is -1.42. The number of guanidine groups is 1. The summed E-state index contributed by atoms with van der Waals surface area (Å²) in [5.74, 6) is 1.44. The lowest BCUT2D eigenvalue weighted by atomic mass is 10.3. The number of benzene rings is 1. The summed E-state index contributed by atoms with van der Waals surface area (Å²) in [7, 11) is 3.53. The normalized spacial score (nSPS) is 11.1. The van der Waals surface area contributed by atoms with Crippen molar-refractivity contribution < 1.29 is 4.74 Å². The van der Waals surface area contributed by atoms with E-state index in [4.69, 9.17) is 16.3 Å². The van der Waals surface area contributed by atoms with E-state index in [1.807, 2.05) is 25.2 Å². The number of nitrogens with one attached hydrogen (secondary N) is 2. The summed E-state index contributed by atoms with van der Waals surface area (Å²) >= 11 is 5.94. The molecule has 0 amide bonds. The van der Waals surface area contributed by atoms with Crippen molar-refractivity contribution in [2.24, 2.45) is 4.99 Å². The van der Waals surface area contributed by atoms with Crippen LogP contribution >= 0.6 is 11.6 Å². The van der Waals surface area contributed by atoms with Gasteiger partial charge >= 0.3 is 0 Å². The first-order valence-electron chi connectivity index (χ1n) is 5.03. The molecule has 2 N–H and O–H groups in total. The molecule has 0 spiro atoms. The van der Waals surface area contributed by atoms with Crippen molar-refractivity contribution in [2.75, 3.05) is 27.2 Å². The summed E-state index contributed by atoms with van der Waals surface area (Å²) in [5.41, 5.74) is 0. The fourth-order valence-corrected chi connectivity index (χ4v) is 1.36. The molecule has 1 aromatic rings. The van der Waals surface area contributed by atoms with E-state index in [0.29, 0.717) is 23.9 Å². The van der Waals surface area contributed by atoms with E-state index in [0.717, 1.165) is 5.96 Å². The third-order valence-corrected chi connectivity index (χ3v) is 2.26. The Labute approximate surface area is 101 Å². The number of hydrogen-bond donors (Lipinski definition) is 2. The van der Waals surface area contributed by atoms with Crippen LogP contribution in [0.2, 0.25) is 5.02 Å². The molecule has 0 atom stereocenters. The van der Waals surface area contributed by atoms with Gasteiger partial charge in [-0.2, -0.15) is 0 Å². The number of aliphatic imine (C=N–C) groups is 1. The van der Waals surface area contributed by atoms with Gasteiger partial charge in [-0.25, -0.2) is 0 Å². The molecule has 0 fully saturated rings. The smallest absolute Gasteiger partial charge is 0.190 e. The van der Waals surface area contributed by atoms with Gasteiger partial charge in [0.05, 0.1) is 11.6 Å². The minimum absolute atomic E-state index is 0.532. The number of hydrogen-bond acceptors (Lipinski definition) is 2. The first-order valence-corrected chi connectivity index (χ1v) is 5.41. The van der Waals surface area contributed by atoms with Crippen molar-refractivity contribution >= 4 is 17.6 Å². The SMILES string of the molecule is CN=C(NC)NCCOc1ccccc1Cl. The zero-order chi connectivity index (χ0) is 11.8. The van der Waals surface area contributed by atoms with Crippen LogP contribution in [0, 0.1) is 0 Å². The molecule has 1 aromatic carbocycles. The molecule has 0 radical (unpaired) electrons. The van der Waals surface area contributed by atoms with Crippen LogP contribution in [0.3, 0.4) is 0 Å². The first-order chi connectivity index (χ1) is 7.77. The molecule has 0 saturated carbocycles. The van der Waals surface area contributed by atoms with Crippen molar-refractivity contribution in [3.05, 3.63) is 29.3 Å². The first kappa shape index (κ1) is 12.6. The Kier molecular flexibility index (Phi) is 5.50. The van der Waals surface area contributed by atoms with Crippen LogP contribution in [0.4, 0.5) is 0 Å². The lowest BCUT2D eigenvalue weighted by Gasteiger charge is -2.10. The Bertz CT molecular complexity index is 355. The molecule has 0 unspecified atom stereocenters. The molecule has 1 rings (SSSR count). The van der Waals surface area contributed by atoms with E-state index >= 15 is 0 Å². The molecule has 16 heavy (non-hydrogen) atoms. The van der Waals surface area contributed by atoms with Crippen molar-refractivity contribution in [1.29, 1.82) is 0 Å². The summed E-state index contributed by atoms with van der Waals surface area (Å²) < 4.78 is 5.50. The van der Waals surface area contributed by atoms with Crippen LogP contribution in [0.1, 0.15) is 0 Å². The molecule has 0 saturated heterocycles. The second-order valence-corrected chi connectivity index (χ2v) is 3.44. The number of rotatable bonds is 4. The third-order valence-electron chi connectivity index (χ3n) is 1.95. The van der Waals surface area contributed by atoms with E-state index in [9.17, 15) is 0 Å². The quantitative estimate of drug-likeness (QED) is 0.477. The molecule has 88 valence electrons. The average Bonchev–Trinajstić information content (AvgIpc) is 2.31. The van der Waals surface area contributed by atoms with Crippen LogP contribution in [-0.4, -0.2) is 33.2 Å².